The van der Waals surface area contributed by atoms with Crippen LogP contribution in [0.2, 0.25) is 0 Å². The maximum absolute atomic E-state index is 12.7. The number of ether oxygens (including phenoxy) is 1. The lowest BCUT2D eigenvalue weighted by atomic mass is 9.97. The number of benzene rings is 2. The molecule has 6 nitrogen and oxygen atoms in total. The summed E-state index contributed by atoms with van der Waals surface area (Å²) in [5, 5.41) is 5.89. The first-order valence-corrected chi connectivity index (χ1v) is 10.0. The minimum Gasteiger partial charge on any atom is -0.497 e. The van der Waals surface area contributed by atoms with E-state index in [4.69, 9.17) is 4.74 Å². The Morgan fingerprint density at radius 2 is 1.69 bits per heavy atom. The number of quaternary nitrogens is 1. The van der Waals surface area contributed by atoms with Crippen molar-refractivity contribution in [2.45, 2.75) is 39.2 Å². The van der Waals surface area contributed by atoms with E-state index in [9.17, 15) is 9.59 Å². The Kier molecular flexibility index (Phi) is 8.21. The molecule has 0 spiro atoms. The Labute approximate surface area is 173 Å². The van der Waals surface area contributed by atoms with Gasteiger partial charge in [0.2, 0.25) is 0 Å². The molecule has 2 amide bonds. The van der Waals surface area contributed by atoms with Crippen LogP contribution in [-0.4, -0.2) is 38.6 Å². The normalized spacial score (nSPS) is 13.8. The van der Waals surface area contributed by atoms with E-state index < -0.39 is 0 Å². The summed E-state index contributed by atoms with van der Waals surface area (Å²) < 4.78 is 5.11. The van der Waals surface area contributed by atoms with Crippen molar-refractivity contribution >= 4 is 23.2 Å². The highest BCUT2D eigenvalue weighted by Crippen LogP contribution is 2.26. The van der Waals surface area contributed by atoms with Crippen LogP contribution in [0, 0.1) is 0 Å². The average Bonchev–Trinajstić information content (AvgIpc) is 2.73. The maximum Gasteiger partial charge on any atom is 0.282 e. The molecule has 0 saturated carbocycles. The van der Waals surface area contributed by atoms with Gasteiger partial charge in [-0.05, 0) is 55.2 Å². The van der Waals surface area contributed by atoms with Crippen LogP contribution in [0.25, 0.3) is 0 Å². The van der Waals surface area contributed by atoms with Crippen molar-refractivity contribution in [2.24, 2.45) is 0 Å². The molecule has 0 radical (unpaired) electrons. The second kappa shape index (κ2) is 10.6. The zero-order valence-corrected chi connectivity index (χ0v) is 17.9. The molecule has 0 aliphatic heterocycles. The molecule has 0 aromatic heterocycles. The average molecular weight is 399 g/mol. The summed E-state index contributed by atoms with van der Waals surface area (Å²) in [6.07, 6.45) is 0.999. The number of amides is 2. The van der Waals surface area contributed by atoms with Gasteiger partial charge in [0.25, 0.3) is 11.8 Å². The van der Waals surface area contributed by atoms with Crippen LogP contribution in [0.4, 0.5) is 11.4 Å². The summed E-state index contributed by atoms with van der Waals surface area (Å²) >= 11 is 0. The number of carbonyl (C=O) groups excluding carboxylic acids is 2. The lowest BCUT2D eigenvalue weighted by Gasteiger charge is -2.22. The zero-order chi connectivity index (χ0) is 21.4. The molecule has 3 N–H and O–H groups in total. The molecule has 0 heterocycles. The van der Waals surface area contributed by atoms with Crippen molar-refractivity contribution in [3.8, 4) is 5.75 Å². The van der Waals surface area contributed by atoms with Gasteiger partial charge in [-0.25, -0.2) is 0 Å². The molecule has 0 aliphatic rings. The van der Waals surface area contributed by atoms with Gasteiger partial charge < -0.3 is 20.3 Å². The van der Waals surface area contributed by atoms with Gasteiger partial charge in [-0.2, -0.15) is 0 Å². The fraction of sp³-hybridized carbons (Fsp3) is 0.391. The standard InChI is InChI=1S/C23H31N3O3/c1-6-16(2)20-9-7-8-10-21(20)25-23(28)17(3)26(4)15-22(27)24-18-11-13-19(29-5)14-12-18/h7-14,16-17H,6,15H2,1-5H3,(H,24,27)(H,25,28)/p+1/t16-,17-/m0/s1. The highest BCUT2D eigenvalue weighted by molar-refractivity contribution is 5.95. The van der Waals surface area contributed by atoms with Crippen molar-refractivity contribution in [2.75, 3.05) is 31.3 Å². The molecule has 29 heavy (non-hydrogen) atoms. The molecule has 6 heteroatoms. The second-order valence-corrected chi connectivity index (χ2v) is 7.41. The summed E-state index contributed by atoms with van der Waals surface area (Å²) in [6.45, 7) is 6.30. The SMILES string of the molecule is CC[C@H](C)c1ccccc1NC(=O)[C@H](C)[NH+](C)CC(=O)Nc1ccc(OC)cc1. The highest BCUT2D eigenvalue weighted by atomic mass is 16.5. The van der Waals surface area contributed by atoms with Gasteiger partial charge in [0, 0.05) is 11.4 Å². The third-order valence-electron chi connectivity index (χ3n) is 5.31. The van der Waals surface area contributed by atoms with Crippen molar-refractivity contribution < 1.29 is 19.2 Å². The van der Waals surface area contributed by atoms with Gasteiger partial charge in [0.1, 0.15) is 5.75 Å². The van der Waals surface area contributed by atoms with E-state index in [1.54, 1.807) is 31.4 Å². The van der Waals surface area contributed by atoms with Crippen LogP contribution in [-0.2, 0) is 9.59 Å². The molecule has 0 saturated heterocycles. The van der Waals surface area contributed by atoms with E-state index in [2.05, 4.69) is 24.5 Å². The number of para-hydroxylation sites is 1. The van der Waals surface area contributed by atoms with Crippen LogP contribution >= 0.6 is 0 Å². The molecule has 0 aliphatic carbocycles. The summed E-state index contributed by atoms with van der Waals surface area (Å²) in [6, 6.07) is 14.7. The molecule has 0 fully saturated rings. The lowest BCUT2D eigenvalue weighted by molar-refractivity contribution is -0.885. The number of hydrogen-bond donors (Lipinski definition) is 3. The van der Waals surface area contributed by atoms with Gasteiger partial charge >= 0.3 is 0 Å². The zero-order valence-electron chi connectivity index (χ0n) is 17.9. The number of nitrogens with one attached hydrogen (secondary N) is 3. The van der Waals surface area contributed by atoms with Crippen molar-refractivity contribution in [1.29, 1.82) is 0 Å². The van der Waals surface area contributed by atoms with Gasteiger partial charge in [0.05, 0.1) is 14.2 Å². The van der Waals surface area contributed by atoms with E-state index in [1.165, 1.54) is 0 Å². The highest BCUT2D eigenvalue weighted by Gasteiger charge is 2.25. The van der Waals surface area contributed by atoms with Crippen LogP contribution in [0.1, 0.15) is 38.7 Å². The summed E-state index contributed by atoms with van der Waals surface area (Å²) in [5.74, 6) is 0.846. The quantitative estimate of drug-likeness (QED) is 0.608. The first-order chi connectivity index (χ1) is 13.8. The first-order valence-electron chi connectivity index (χ1n) is 10.0. The van der Waals surface area contributed by atoms with Crippen molar-refractivity contribution in [3.05, 3.63) is 54.1 Å². The smallest absolute Gasteiger partial charge is 0.282 e. The number of rotatable bonds is 9. The van der Waals surface area contributed by atoms with Gasteiger partial charge in [-0.15, -0.1) is 0 Å². The second-order valence-electron chi connectivity index (χ2n) is 7.41. The Hall–Kier alpha value is -2.86. The fourth-order valence-electron chi connectivity index (χ4n) is 3.01. The summed E-state index contributed by atoms with van der Waals surface area (Å²) in [7, 11) is 3.44. The minimum absolute atomic E-state index is 0.101. The van der Waals surface area contributed by atoms with Crippen molar-refractivity contribution in [1.82, 2.24) is 0 Å². The topological polar surface area (TPSA) is 71.9 Å². The first kappa shape index (κ1) is 22.4. The van der Waals surface area contributed by atoms with E-state index in [0.717, 1.165) is 28.3 Å². The molecule has 3 atom stereocenters. The van der Waals surface area contributed by atoms with Gasteiger partial charge in [0.15, 0.2) is 12.6 Å². The molecule has 1 unspecified atom stereocenters. The summed E-state index contributed by atoms with van der Waals surface area (Å²) in [4.78, 5) is 25.9. The number of anilines is 2. The van der Waals surface area contributed by atoms with E-state index >= 15 is 0 Å². The Morgan fingerprint density at radius 1 is 1.03 bits per heavy atom. The van der Waals surface area contributed by atoms with Crippen LogP contribution in [0.15, 0.2) is 48.5 Å². The number of methoxy groups -OCH3 is 1. The maximum atomic E-state index is 12.7. The molecular formula is C23H32N3O3+. The predicted molar refractivity (Wildman–Crippen MR) is 117 cm³/mol. The molecule has 0 bridgehead atoms. The third-order valence-corrected chi connectivity index (χ3v) is 5.31. The summed E-state index contributed by atoms with van der Waals surface area (Å²) in [5.41, 5.74) is 2.67. The largest absolute Gasteiger partial charge is 0.497 e. The lowest BCUT2D eigenvalue weighted by Crippen LogP contribution is -3.14. The van der Waals surface area contributed by atoms with E-state index in [0.29, 0.717) is 11.6 Å². The Morgan fingerprint density at radius 3 is 2.31 bits per heavy atom. The predicted octanol–water partition coefficient (Wildman–Crippen LogP) is 2.69. The van der Waals surface area contributed by atoms with Crippen LogP contribution in [0.5, 0.6) is 5.75 Å². The van der Waals surface area contributed by atoms with Crippen LogP contribution in [0.3, 0.4) is 0 Å². The molecule has 2 aromatic carbocycles. The van der Waals surface area contributed by atoms with Crippen molar-refractivity contribution in [3.63, 3.8) is 0 Å². The number of hydrogen-bond acceptors (Lipinski definition) is 3. The molecule has 156 valence electrons. The molecule has 2 aromatic rings. The van der Waals surface area contributed by atoms with Gasteiger partial charge in [-0.3, -0.25) is 9.59 Å². The monoisotopic (exact) mass is 398 g/mol. The van der Waals surface area contributed by atoms with E-state index in [1.807, 2.05) is 38.2 Å². The van der Waals surface area contributed by atoms with Gasteiger partial charge in [-0.1, -0.05) is 32.0 Å². The fourth-order valence-corrected chi connectivity index (χ4v) is 3.01. The molecule has 2 rings (SSSR count). The Balaban J connectivity index is 1.94. The minimum atomic E-state index is -0.374. The Bertz CT molecular complexity index is 820. The molecular weight excluding hydrogens is 366 g/mol. The van der Waals surface area contributed by atoms with Crippen LogP contribution < -0.4 is 20.3 Å². The van der Waals surface area contributed by atoms with E-state index in [-0.39, 0.29) is 24.4 Å². The number of likely N-dealkylation sites (N-methyl/N-ethyl adjacent to an activating group) is 1. The number of carbonyl (C=O) groups is 2. The third kappa shape index (κ3) is 6.32.